The van der Waals surface area contributed by atoms with Crippen LogP contribution in [0.4, 0.5) is 21.0 Å². The van der Waals surface area contributed by atoms with Crippen LogP contribution < -0.4 is 20.1 Å². The molecule has 1 aromatic heterocycles. The number of urea groups is 1. The summed E-state index contributed by atoms with van der Waals surface area (Å²) in [6.45, 7) is 0.0822. The monoisotopic (exact) mass is 617 g/mol. The summed E-state index contributed by atoms with van der Waals surface area (Å²) in [5, 5.41) is 10.1. The van der Waals surface area contributed by atoms with Gasteiger partial charge in [-0.15, -0.1) is 0 Å². The van der Waals surface area contributed by atoms with Crippen LogP contribution in [-0.2, 0) is 72.7 Å². The van der Waals surface area contributed by atoms with E-state index in [0.717, 1.165) is 106 Å². The lowest BCUT2D eigenvalue weighted by Crippen LogP contribution is -2.37. The standard InChI is InChI=1S/C32H35N5O6S/c38-31(34-28-23-9-1-5-18(23)13-19-6-2-10-24(19)28)36-44(40,41)27-15-33-37-16-22(17-42-30(27)37)43-32(39)35-29-25-11-3-7-20(25)14-21-8-4-12-26(21)29/h13-15,22H,1-12,16-17H2,(H,35,39)(H2,34,36,38)/t22-/m1/s1. The van der Waals surface area contributed by atoms with Gasteiger partial charge in [0.15, 0.2) is 11.0 Å². The summed E-state index contributed by atoms with van der Waals surface area (Å²) in [5.74, 6) is 0.00533. The number of rotatable bonds is 5. The SMILES string of the molecule is O=C(Nc1c2c(cc3c1CCC3)CCC2)NS(=O)(=O)c1cnn2c1OC[C@H](OC(=O)Nc1c3c(cc4c1CCC4)CCC3)C2. The number of sulfonamides is 1. The average molecular weight is 618 g/mol. The zero-order valence-corrected chi connectivity index (χ0v) is 25.3. The predicted molar refractivity (Wildman–Crippen MR) is 162 cm³/mol. The van der Waals surface area contributed by atoms with E-state index in [1.165, 1.54) is 38.1 Å². The third-order valence-electron chi connectivity index (χ3n) is 9.74. The number of carbonyl (C=O) groups is 2. The van der Waals surface area contributed by atoms with Crippen molar-refractivity contribution in [1.82, 2.24) is 14.5 Å². The van der Waals surface area contributed by atoms with Gasteiger partial charge in [0.05, 0.1) is 18.4 Å². The number of ether oxygens (including phenoxy) is 2. The van der Waals surface area contributed by atoms with Crippen LogP contribution in [0.25, 0.3) is 0 Å². The number of amides is 3. The molecule has 0 radical (unpaired) electrons. The Labute approximate surface area is 255 Å². The number of hydrogen-bond donors (Lipinski definition) is 3. The molecule has 0 saturated heterocycles. The van der Waals surface area contributed by atoms with Gasteiger partial charge in [-0.05, 0) is 122 Å². The van der Waals surface area contributed by atoms with Crippen LogP contribution >= 0.6 is 0 Å². The van der Waals surface area contributed by atoms with E-state index in [0.29, 0.717) is 0 Å². The van der Waals surface area contributed by atoms with E-state index in [-0.39, 0.29) is 23.9 Å². The highest BCUT2D eigenvalue weighted by atomic mass is 32.2. The number of nitrogens with one attached hydrogen (secondary N) is 3. The minimum Gasteiger partial charge on any atom is -0.473 e. The van der Waals surface area contributed by atoms with Crippen LogP contribution in [0.3, 0.4) is 0 Å². The topological polar surface area (TPSA) is 141 Å². The van der Waals surface area contributed by atoms with Crippen LogP contribution in [0.1, 0.15) is 70.2 Å². The summed E-state index contributed by atoms with van der Waals surface area (Å²) in [4.78, 5) is 25.8. The van der Waals surface area contributed by atoms with E-state index in [1.54, 1.807) is 0 Å². The molecule has 0 bridgehead atoms. The van der Waals surface area contributed by atoms with Gasteiger partial charge in [0.2, 0.25) is 5.88 Å². The molecule has 3 N–H and O–H groups in total. The van der Waals surface area contributed by atoms with Crippen molar-refractivity contribution in [1.29, 1.82) is 0 Å². The van der Waals surface area contributed by atoms with Gasteiger partial charge in [-0.1, -0.05) is 12.1 Å². The van der Waals surface area contributed by atoms with Gasteiger partial charge in [-0.3, -0.25) is 5.32 Å². The second-order valence-corrected chi connectivity index (χ2v) is 14.1. The fourth-order valence-corrected chi connectivity index (χ4v) is 8.82. The molecule has 1 aliphatic heterocycles. The molecule has 230 valence electrons. The molecule has 8 rings (SSSR count). The lowest BCUT2D eigenvalue weighted by Gasteiger charge is -2.25. The zero-order valence-electron chi connectivity index (χ0n) is 24.5. The van der Waals surface area contributed by atoms with Gasteiger partial charge >= 0.3 is 12.1 Å². The third kappa shape index (κ3) is 4.70. The molecular formula is C32H35N5O6S. The van der Waals surface area contributed by atoms with Crippen LogP contribution in [-0.4, -0.2) is 43.0 Å². The van der Waals surface area contributed by atoms with Crippen molar-refractivity contribution >= 4 is 33.5 Å². The average Bonchev–Trinajstić information content (AvgIpc) is 3.81. The van der Waals surface area contributed by atoms with Crippen LogP contribution in [0.5, 0.6) is 5.88 Å². The summed E-state index contributed by atoms with van der Waals surface area (Å²) in [7, 11) is -4.29. The van der Waals surface area contributed by atoms with Gasteiger partial charge in [0, 0.05) is 5.69 Å². The summed E-state index contributed by atoms with van der Waals surface area (Å²) >= 11 is 0. The molecular weight excluding hydrogens is 582 g/mol. The predicted octanol–water partition coefficient (Wildman–Crippen LogP) is 4.36. The molecule has 3 amide bonds. The fourth-order valence-electron chi connectivity index (χ4n) is 7.84. The number of hydrogen-bond acceptors (Lipinski definition) is 7. The van der Waals surface area contributed by atoms with Crippen molar-refractivity contribution in [2.24, 2.45) is 0 Å². The summed E-state index contributed by atoms with van der Waals surface area (Å²) in [6, 6.07) is 3.74. The number of carbonyl (C=O) groups excluding carboxylic acids is 2. The van der Waals surface area contributed by atoms with Gasteiger partial charge in [-0.25, -0.2) is 27.4 Å². The second-order valence-electron chi connectivity index (χ2n) is 12.5. The number of fused-ring (bicyclic) bond motifs is 5. The van der Waals surface area contributed by atoms with Gasteiger partial charge in [0.1, 0.15) is 6.61 Å². The van der Waals surface area contributed by atoms with E-state index in [2.05, 4.69) is 32.6 Å². The highest BCUT2D eigenvalue weighted by molar-refractivity contribution is 7.90. The molecule has 1 atom stereocenters. The molecule has 2 heterocycles. The highest BCUT2D eigenvalue weighted by Crippen LogP contribution is 2.40. The van der Waals surface area contributed by atoms with Crippen molar-refractivity contribution in [3.05, 3.63) is 62.8 Å². The first-order chi connectivity index (χ1) is 21.3. The minimum atomic E-state index is -4.29. The first-order valence-electron chi connectivity index (χ1n) is 15.7. The van der Waals surface area contributed by atoms with Gasteiger partial charge < -0.3 is 14.8 Å². The molecule has 0 saturated carbocycles. The number of aromatic nitrogens is 2. The molecule has 5 aliphatic rings. The maximum atomic E-state index is 13.3. The Morgan fingerprint density at radius 2 is 1.32 bits per heavy atom. The Morgan fingerprint density at radius 3 is 1.86 bits per heavy atom. The maximum Gasteiger partial charge on any atom is 0.412 e. The van der Waals surface area contributed by atoms with E-state index < -0.39 is 28.3 Å². The Bertz CT molecular complexity index is 1770. The van der Waals surface area contributed by atoms with Crippen molar-refractivity contribution in [3.63, 3.8) is 0 Å². The lowest BCUT2D eigenvalue weighted by atomic mass is 9.99. The number of benzene rings is 2. The summed E-state index contributed by atoms with van der Waals surface area (Å²) in [5.41, 5.74) is 11.4. The first kappa shape index (κ1) is 27.5. The molecule has 12 heteroatoms. The van der Waals surface area contributed by atoms with Crippen molar-refractivity contribution in [2.45, 2.75) is 94.6 Å². The van der Waals surface area contributed by atoms with Crippen LogP contribution in [0.15, 0.2) is 23.2 Å². The van der Waals surface area contributed by atoms with E-state index >= 15 is 0 Å². The second kappa shape index (κ2) is 10.5. The van der Waals surface area contributed by atoms with Crippen LogP contribution in [0, 0.1) is 0 Å². The van der Waals surface area contributed by atoms with Gasteiger partial charge in [-0.2, -0.15) is 5.10 Å². The van der Waals surface area contributed by atoms with E-state index in [1.807, 2.05) is 0 Å². The number of aryl methyl sites for hydroxylation is 4. The third-order valence-corrected chi connectivity index (χ3v) is 11.1. The summed E-state index contributed by atoms with van der Waals surface area (Å²) in [6.07, 6.45) is 11.8. The smallest absolute Gasteiger partial charge is 0.412 e. The van der Waals surface area contributed by atoms with Gasteiger partial charge in [0.25, 0.3) is 10.0 Å². The lowest BCUT2D eigenvalue weighted by molar-refractivity contribution is 0.0360. The maximum absolute atomic E-state index is 13.3. The zero-order chi connectivity index (χ0) is 30.0. The minimum absolute atomic E-state index is 0.00533. The van der Waals surface area contributed by atoms with E-state index in [4.69, 9.17) is 9.47 Å². The van der Waals surface area contributed by atoms with Crippen molar-refractivity contribution in [2.75, 3.05) is 17.2 Å². The number of anilines is 2. The fraction of sp³-hybridized carbons (Fsp3) is 0.469. The van der Waals surface area contributed by atoms with Crippen molar-refractivity contribution in [3.8, 4) is 5.88 Å². The molecule has 4 aliphatic carbocycles. The molecule has 0 unspecified atom stereocenters. The Balaban J connectivity index is 0.938. The molecule has 11 nitrogen and oxygen atoms in total. The first-order valence-corrected chi connectivity index (χ1v) is 17.2. The number of nitrogens with zero attached hydrogens (tertiary/aromatic N) is 2. The molecule has 0 fully saturated rings. The quantitative estimate of drug-likeness (QED) is 0.387. The van der Waals surface area contributed by atoms with E-state index in [9.17, 15) is 18.0 Å². The Hall–Kier alpha value is -4.06. The molecule has 3 aromatic rings. The summed E-state index contributed by atoms with van der Waals surface area (Å²) < 4.78 is 41.5. The molecule has 2 aromatic carbocycles. The Morgan fingerprint density at radius 1 is 0.795 bits per heavy atom. The molecule has 44 heavy (non-hydrogen) atoms. The van der Waals surface area contributed by atoms with Crippen LogP contribution in [0.2, 0.25) is 0 Å². The Kier molecular flexibility index (Phi) is 6.58. The highest BCUT2D eigenvalue weighted by Gasteiger charge is 2.34. The van der Waals surface area contributed by atoms with Crippen molar-refractivity contribution < 1.29 is 27.5 Å². The molecule has 0 spiro atoms. The largest absolute Gasteiger partial charge is 0.473 e. The normalized spacial score (nSPS) is 19.3.